The molecule has 1 N–H and O–H groups in total. The van der Waals surface area contributed by atoms with Crippen LogP contribution in [0.5, 0.6) is 0 Å². The van der Waals surface area contributed by atoms with Gasteiger partial charge in [0.1, 0.15) is 5.82 Å². The Morgan fingerprint density at radius 1 is 1.30 bits per heavy atom. The van der Waals surface area contributed by atoms with Crippen LogP contribution in [-0.2, 0) is 11.3 Å². The van der Waals surface area contributed by atoms with Crippen LogP contribution < -0.4 is 10.2 Å². The van der Waals surface area contributed by atoms with Gasteiger partial charge in [0.15, 0.2) is 0 Å². The molecule has 1 fully saturated rings. The smallest absolute Gasteiger partial charge is 0.128 e. The molecule has 0 atom stereocenters. The molecule has 2 heterocycles. The highest BCUT2D eigenvalue weighted by atomic mass is 16.5. The lowest BCUT2D eigenvalue weighted by Crippen LogP contribution is -2.37. The van der Waals surface area contributed by atoms with E-state index in [9.17, 15) is 0 Å². The first-order valence-electron chi connectivity index (χ1n) is 7.47. The molecule has 20 heavy (non-hydrogen) atoms. The molecular formula is C16H27N3O. The number of aromatic nitrogens is 1. The lowest BCUT2D eigenvalue weighted by Gasteiger charge is -2.32. The lowest BCUT2D eigenvalue weighted by molar-refractivity contribution is 0.0853. The summed E-state index contributed by atoms with van der Waals surface area (Å²) in [7, 11) is 2.14. The molecule has 112 valence electrons. The zero-order chi connectivity index (χ0) is 14.6. The van der Waals surface area contributed by atoms with E-state index in [1.807, 2.05) is 0 Å². The van der Waals surface area contributed by atoms with Crippen molar-refractivity contribution < 1.29 is 4.74 Å². The Hall–Kier alpha value is -1.13. The summed E-state index contributed by atoms with van der Waals surface area (Å²) >= 11 is 0. The fourth-order valence-corrected chi connectivity index (χ4v) is 2.38. The number of pyridine rings is 1. The highest BCUT2D eigenvalue weighted by molar-refractivity contribution is 5.39. The van der Waals surface area contributed by atoms with Gasteiger partial charge in [-0.2, -0.15) is 0 Å². The highest BCUT2D eigenvalue weighted by Crippen LogP contribution is 2.19. The number of hydrogen-bond acceptors (Lipinski definition) is 4. The third kappa shape index (κ3) is 4.46. The normalized spacial score (nSPS) is 17.2. The Labute approximate surface area is 122 Å². The minimum Gasteiger partial charge on any atom is -0.381 e. The SMILES string of the molecule is CN(c1cccc(CNC(C)(C)C)n1)C1CCOCC1. The third-order valence-corrected chi connectivity index (χ3v) is 3.69. The molecule has 4 nitrogen and oxygen atoms in total. The van der Waals surface area contributed by atoms with Gasteiger partial charge in [-0.05, 0) is 45.7 Å². The highest BCUT2D eigenvalue weighted by Gasteiger charge is 2.19. The first kappa shape index (κ1) is 15.3. The minimum absolute atomic E-state index is 0.115. The van der Waals surface area contributed by atoms with Crippen molar-refractivity contribution in [1.82, 2.24) is 10.3 Å². The van der Waals surface area contributed by atoms with Gasteiger partial charge < -0.3 is 15.0 Å². The van der Waals surface area contributed by atoms with Gasteiger partial charge in [0.25, 0.3) is 0 Å². The van der Waals surface area contributed by atoms with Crippen molar-refractivity contribution in [3.63, 3.8) is 0 Å². The Kier molecular flexibility index (Phi) is 5.00. The average molecular weight is 277 g/mol. The first-order chi connectivity index (χ1) is 9.46. The number of nitrogens with one attached hydrogen (secondary N) is 1. The molecule has 1 aliphatic rings. The van der Waals surface area contributed by atoms with Crippen molar-refractivity contribution in [2.75, 3.05) is 25.2 Å². The zero-order valence-corrected chi connectivity index (χ0v) is 13.1. The Morgan fingerprint density at radius 2 is 2.00 bits per heavy atom. The van der Waals surface area contributed by atoms with E-state index in [2.05, 4.69) is 56.2 Å². The summed E-state index contributed by atoms with van der Waals surface area (Å²) in [5.41, 5.74) is 1.21. The van der Waals surface area contributed by atoms with Crippen molar-refractivity contribution in [2.45, 2.75) is 51.7 Å². The molecule has 4 heteroatoms. The summed E-state index contributed by atoms with van der Waals surface area (Å²) in [5, 5.41) is 3.48. The Balaban J connectivity index is 2.01. The van der Waals surface area contributed by atoms with Crippen LogP contribution in [0.4, 0.5) is 5.82 Å². The Morgan fingerprint density at radius 3 is 2.65 bits per heavy atom. The van der Waals surface area contributed by atoms with Crippen LogP contribution in [0.3, 0.4) is 0 Å². The van der Waals surface area contributed by atoms with Crippen molar-refractivity contribution in [3.8, 4) is 0 Å². The molecule has 0 aliphatic carbocycles. The molecular weight excluding hydrogens is 250 g/mol. The monoisotopic (exact) mass is 277 g/mol. The van der Waals surface area contributed by atoms with Crippen LogP contribution in [0.1, 0.15) is 39.3 Å². The van der Waals surface area contributed by atoms with E-state index in [1.165, 1.54) is 0 Å². The standard InChI is InChI=1S/C16H27N3O/c1-16(2,3)17-12-13-6-5-7-15(18-13)19(4)14-8-10-20-11-9-14/h5-7,14,17H,8-12H2,1-4H3. The van der Waals surface area contributed by atoms with Gasteiger partial charge in [-0.25, -0.2) is 4.98 Å². The summed E-state index contributed by atoms with van der Waals surface area (Å²) in [6.45, 7) is 9.04. The summed E-state index contributed by atoms with van der Waals surface area (Å²) in [6.07, 6.45) is 2.17. The average Bonchev–Trinajstić information content (AvgIpc) is 2.45. The molecule has 0 saturated carbocycles. The third-order valence-electron chi connectivity index (χ3n) is 3.69. The maximum Gasteiger partial charge on any atom is 0.128 e. The second-order valence-corrected chi connectivity index (χ2v) is 6.55. The van der Waals surface area contributed by atoms with E-state index in [4.69, 9.17) is 9.72 Å². The number of ether oxygens (including phenoxy) is 1. The van der Waals surface area contributed by atoms with Gasteiger partial charge >= 0.3 is 0 Å². The zero-order valence-electron chi connectivity index (χ0n) is 13.1. The van der Waals surface area contributed by atoms with Crippen LogP contribution in [0.15, 0.2) is 18.2 Å². The molecule has 2 rings (SSSR count). The summed E-state index contributed by atoms with van der Waals surface area (Å²) in [5.74, 6) is 1.06. The van der Waals surface area contributed by atoms with Crippen LogP contribution in [-0.4, -0.2) is 36.8 Å². The number of hydrogen-bond donors (Lipinski definition) is 1. The molecule has 1 aromatic rings. The molecule has 1 aromatic heterocycles. The van der Waals surface area contributed by atoms with E-state index < -0.39 is 0 Å². The second kappa shape index (κ2) is 6.55. The molecule has 0 spiro atoms. The van der Waals surface area contributed by atoms with Crippen molar-refractivity contribution in [3.05, 3.63) is 23.9 Å². The van der Waals surface area contributed by atoms with E-state index in [0.29, 0.717) is 6.04 Å². The van der Waals surface area contributed by atoms with Gasteiger partial charge in [-0.3, -0.25) is 0 Å². The summed E-state index contributed by atoms with van der Waals surface area (Å²) in [4.78, 5) is 7.07. The maximum atomic E-state index is 5.43. The predicted molar refractivity (Wildman–Crippen MR) is 83.1 cm³/mol. The van der Waals surface area contributed by atoms with Gasteiger partial charge in [-0.1, -0.05) is 6.07 Å². The molecule has 0 amide bonds. The molecule has 0 bridgehead atoms. The van der Waals surface area contributed by atoms with Crippen LogP contribution >= 0.6 is 0 Å². The van der Waals surface area contributed by atoms with Crippen molar-refractivity contribution in [2.24, 2.45) is 0 Å². The number of nitrogens with zero attached hydrogens (tertiary/aromatic N) is 2. The van der Waals surface area contributed by atoms with Crippen LogP contribution in [0.2, 0.25) is 0 Å². The van der Waals surface area contributed by atoms with E-state index >= 15 is 0 Å². The van der Waals surface area contributed by atoms with E-state index in [-0.39, 0.29) is 5.54 Å². The van der Waals surface area contributed by atoms with E-state index in [1.54, 1.807) is 0 Å². The molecule has 0 aromatic carbocycles. The van der Waals surface area contributed by atoms with Gasteiger partial charge in [0, 0.05) is 38.4 Å². The second-order valence-electron chi connectivity index (χ2n) is 6.55. The lowest BCUT2D eigenvalue weighted by atomic mass is 10.1. The van der Waals surface area contributed by atoms with Gasteiger partial charge in [0.2, 0.25) is 0 Å². The van der Waals surface area contributed by atoms with Crippen molar-refractivity contribution in [1.29, 1.82) is 0 Å². The summed E-state index contributed by atoms with van der Waals surface area (Å²) < 4.78 is 5.43. The molecule has 1 saturated heterocycles. The topological polar surface area (TPSA) is 37.4 Å². The fourth-order valence-electron chi connectivity index (χ4n) is 2.38. The van der Waals surface area contributed by atoms with Crippen LogP contribution in [0.25, 0.3) is 0 Å². The van der Waals surface area contributed by atoms with Crippen molar-refractivity contribution >= 4 is 5.82 Å². The molecule has 0 radical (unpaired) electrons. The quantitative estimate of drug-likeness (QED) is 0.918. The molecule has 0 unspecified atom stereocenters. The largest absolute Gasteiger partial charge is 0.381 e. The number of anilines is 1. The minimum atomic E-state index is 0.115. The van der Waals surface area contributed by atoms with Gasteiger partial charge in [-0.15, -0.1) is 0 Å². The predicted octanol–water partition coefficient (Wildman–Crippen LogP) is 2.58. The molecule has 1 aliphatic heterocycles. The Bertz CT molecular complexity index is 422. The first-order valence-corrected chi connectivity index (χ1v) is 7.47. The fraction of sp³-hybridized carbons (Fsp3) is 0.688. The summed E-state index contributed by atoms with van der Waals surface area (Å²) in [6, 6.07) is 6.82. The van der Waals surface area contributed by atoms with E-state index in [0.717, 1.165) is 44.1 Å². The number of rotatable bonds is 4. The van der Waals surface area contributed by atoms with Gasteiger partial charge in [0.05, 0.1) is 5.69 Å². The van der Waals surface area contributed by atoms with Crippen LogP contribution in [0, 0.1) is 0 Å². The maximum absolute atomic E-state index is 5.43.